The minimum atomic E-state index is -0.736. The van der Waals surface area contributed by atoms with E-state index in [4.69, 9.17) is 9.47 Å². The lowest BCUT2D eigenvalue weighted by molar-refractivity contribution is 0.112. The van der Waals surface area contributed by atoms with Crippen LogP contribution in [0.15, 0.2) is 24.3 Å². The summed E-state index contributed by atoms with van der Waals surface area (Å²) in [6.45, 7) is 4.16. The normalized spacial score (nSPS) is 13.3. The molecule has 0 bridgehead atoms. The van der Waals surface area contributed by atoms with Crippen molar-refractivity contribution in [3.05, 3.63) is 29.8 Å². The van der Waals surface area contributed by atoms with Gasteiger partial charge < -0.3 is 19.9 Å². The Kier molecular flexibility index (Phi) is 8.36. The van der Waals surface area contributed by atoms with Gasteiger partial charge in [-0.2, -0.15) is 0 Å². The molecule has 124 valence electrons. The summed E-state index contributed by atoms with van der Waals surface area (Å²) in [6.07, 6.45) is 2.96. The Hall–Kier alpha value is -1.75. The van der Waals surface area contributed by atoms with Gasteiger partial charge in [0.1, 0.15) is 5.75 Å². The van der Waals surface area contributed by atoms with Crippen LogP contribution in [0.25, 0.3) is 0 Å². The summed E-state index contributed by atoms with van der Waals surface area (Å²) in [5.74, 6) is 0.679. The number of aliphatic hydroxyl groups is 1. The van der Waals surface area contributed by atoms with Gasteiger partial charge in [0.05, 0.1) is 25.9 Å². The molecule has 1 aromatic rings. The highest BCUT2D eigenvalue weighted by atomic mass is 16.5. The molecule has 0 aliphatic carbocycles. The zero-order valence-corrected chi connectivity index (χ0v) is 13.7. The molecule has 0 aliphatic rings. The van der Waals surface area contributed by atoms with E-state index >= 15 is 0 Å². The van der Waals surface area contributed by atoms with Crippen LogP contribution in [-0.2, 0) is 4.74 Å². The van der Waals surface area contributed by atoms with Gasteiger partial charge in [-0.1, -0.05) is 38.3 Å². The van der Waals surface area contributed by atoms with E-state index in [2.05, 4.69) is 12.2 Å². The number of benzene rings is 1. The second-order valence-electron chi connectivity index (χ2n) is 5.34. The van der Waals surface area contributed by atoms with Crippen molar-refractivity contribution in [2.24, 2.45) is 0 Å². The second-order valence-corrected chi connectivity index (χ2v) is 5.34. The van der Waals surface area contributed by atoms with Crippen molar-refractivity contribution in [1.29, 1.82) is 0 Å². The van der Waals surface area contributed by atoms with E-state index in [1.165, 1.54) is 0 Å². The largest absolute Gasteiger partial charge is 0.497 e. The average Bonchev–Trinajstić information content (AvgIpc) is 2.52. The maximum absolute atomic E-state index is 11.8. The minimum Gasteiger partial charge on any atom is -0.497 e. The number of alkyl carbamates (subject to hydrolysis) is 1. The third-order valence-electron chi connectivity index (χ3n) is 3.44. The van der Waals surface area contributed by atoms with Gasteiger partial charge in [-0.15, -0.1) is 0 Å². The van der Waals surface area contributed by atoms with Gasteiger partial charge in [0.2, 0.25) is 0 Å². The number of aliphatic hydroxyl groups excluding tert-OH is 1. The molecule has 5 heteroatoms. The number of carbonyl (C=O) groups excluding carboxylic acids is 1. The first kappa shape index (κ1) is 18.3. The Morgan fingerprint density at radius 1 is 1.32 bits per heavy atom. The molecule has 22 heavy (non-hydrogen) atoms. The molecule has 2 atom stereocenters. The molecule has 5 nitrogen and oxygen atoms in total. The minimum absolute atomic E-state index is 0.399. The van der Waals surface area contributed by atoms with Crippen LogP contribution < -0.4 is 10.1 Å². The molecule has 1 amide bonds. The molecule has 2 N–H and O–H groups in total. The molecule has 1 aromatic carbocycles. The molecule has 1 rings (SSSR count). The van der Waals surface area contributed by atoms with Crippen molar-refractivity contribution >= 4 is 6.09 Å². The van der Waals surface area contributed by atoms with E-state index in [1.807, 2.05) is 18.2 Å². The first-order chi connectivity index (χ1) is 10.6. The zero-order chi connectivity index (χ0) is 16.4. The van der Waals surface area contributed by atoms with E-state index < -0.39 is 18.2 Å². The van der Waals surface area contributed by atoms with Gasteiger partial charge in [-0.05, 0) is 31.0 Å². The van der Waals surface area contributed by atoms with E-state index in [0.717, 1.165) is 31.2 Å². The fourth-order valence-electron chi connectivity index (χ4n) is 2.18. The SMILES string of the molecule is CCCCCCOC(=O)NC(c1cccc(OC)c1)C(C)O. The summed E-state index contributed by atoms with van der Waals surface area (Å²) in [7, 11) is 1.58. The molecule has 0 radical (unpaired) electrons. The van der Waals surface area contributed by atoms with Crippen LogP contribution in [0.5, 0.6) is 5.75 Å². The Morgan fingerprint density at radius 2 is 2.09 bits per heavy atom. The maximum Gasteiger partial charge on any atom is 0.407 e. The van der Waals surface area contributed by atoms with Crippen LogP contribution in [0.4, 0.5) is 4.79 Å². The molecule has 0 fully saturated rings. The lowest BCUT2D eigenvalue weighted by atomic mass is 10.0. The maximum atomic E-state index is 11.8. The van der Waals surface area contributed by atoms with E-state index in [9.17, 15) is 9.90 Å². The van der Waals surface area contributed by atoms with Crippen LogP contribution in [0.2, 0.25) is 0 Å². The van der Waals surface area contributed by atoms with Gasteiger partial charge in [-0.3, -0.25) is 0 Å². The number of rotatable bonds is 9. The molecule has 0 saturated heterocycles. The lowest BCUT2D eigenvalue weighted by Crippen LogP contribution is -2.35. The number of methoxy groups -OCH3 is 1. The summed E-state index contributed by atoms with van der Waals surface area (Å²) in [5.41, 5.74) is 0.775. The summed E-state index contributed by atoms with van der Waals surface area (Å²) in [5, 5.41) is 12.6. The fourth-order valence-corrected chi connectivity index (χ4v) is 2.18. The van der Waals surface area contributed by atoms with Crippen LogP contribution in [0.1, 0.15) is 51.1 Å². The van der Waals surface area contributed by atoms with E-state index in [-0.39, 0.29) is 0 Å². The molecule has 0 aromatic heterocycles. The zero-order valence-electron chi connectivity index (χ0n) is 13.7. The number of ether oxygens (including phenoxy) is 2. The first-order valence-electron chi connectivity index (χ1n) is 7.83. The van der Waals surface area contributed by atoms with Crippen molar-refractivity contribution < 1.29 is 19.4 Å². The van der Waals surface area contributed by atoms with Crippen molar-refractivity contribution in [3.63, 3.8) is 0 Å². The molecule has 0 saturated carbocycles. The first-order valence-corrected chi connectivity index (χ1v) is 7.83. The number of hydrogen-bond acceptors (Lipinski definition) is 4. The third kappa shape index (κ3) is 6.35. The van der Waals surface area contributed by atoms with E-state index in [0.29, 0.717) is 12.4 Å². The smallest absolute Gasteiger partial charge is 0.407 e. The van der Waals surface area contributed by atoms with Gasteiger partial charge in [0, 0.05) is 0 Å². The van der Waals surface area contributed by atoms with Crippen molar-refractivity contribution in [2.75, 3.05) is 13.7 Å². The molecule has 0 aliphatic heterocycles. The molecular formula is C17H27NO4. The Balaban J connectivity index is 2.55. The summed E-state index contributed by atoms with van der Waals surface area (Å²) in [6, 6.07) is 6.73. The molecule has 0 spiro atoms. The van der Waals surface area contributed by atoms with Gasteiger partial charge >= 0.3 is 6.09 Å². The number of hydrogen-bond donors (Lipinski definition) is 2. The second kappa shape index (κ2) is 10.1. The highest BCUT2D eigenvalue weighted by Gasteiger charge is 2.20. The van der Waals surface area contributed by atoms with Crippen molar-refractivity contribution in [3.8, 4) is 5.75 Å². The fraction of sp³-hybridized carbons (Fsp3) is 0.588. The standard InChI is InChI=1S/C17H27NO4/c1-4-5-6-7-11-22-17(20)18-16(13(2)19)14-9-8-10-15(12-14)21-3/h8-10,12-13,16,19H,4-7,11H2,1-3H3,(H,18,20). The monoisotopic (exact) mass is 309 g/mol. The average molecular weight is 309 g/mol. The third-order valence-corrected chi connectivity index (χ3v) is 3.44. The Morgan fingerprint density at radius 3 is 2.73 bits per heavy atom. The van der Waals surface area contributed by atoms with Gasteiger partial charge in [0.15, 0.2) is 0 Å². The molecule has 2 unspecified atom stereocenters. The van der Waals surface area contributed by atoms with E-state index in [1.54, 1.807) is 20.1 Å². The number of unbranched alkanes of at least 4 members (excludes halogenated alkanes) is 3. The van der Waals surface area contributed by atoms with Crippen LogP contribution in [0, 0.1) is 0 Å². The number of nitrogens with one attached hydrogen (secondary N) is 1. The van der Waals surface area contributed by atoms with Crippen LogP contribution in [0.3, 0.4) is 0 Å². The summed E-state index contributed by atoms with van der Waals surface area (Å²) < 4.78 is 10.3. The van der Waals surface area contributed by atoms with Crippen molar-refractivity contribution in [1.82, 2.24) is 5.32 Å². The topological polar surface area (TPSA) is 67.8 Å². The highest BCUT2D eigenvalue weighted by molar-refractivity contribution is 5.68. The van der Waals surface area contributed by atoms with Crippen LogP contribution >= 0.6 is 0 Å². The quantitative estimate of drug-likeness (QED) is 0.686. The summed E-state index contributed by atoms with van der Waals surface area (Å²) in [4.78, 5) is 11.8. The number of carbonyl (C=O) groups is 1. The Bertz CT molecular complexity index is 448. The lowest BCUT2D eigenvalue weighted by Gasteiger charge is -2.22. The van der Waals surface area contributed by atoms with Crippen molar-refractivity contribution in [2.45, 2.75) is 51.7 Å². The van der Waals surface area contributed by atoms with Crippen LogP contribution in [-0.4, -0.2) is 31.0 Å². The summed E-state index contributed by atoms with van der Waals surface area (Å²) >= 11 is 0. The predicted molar refractivity (Wildman–Crippen MR) is 86.0 cm³/mol. The predicted octanol–water partition coefficient (Wildman–Crippen LogP) is 3.42. The Labute approximate surface area is 132 Å². The van der Waals surface area contributed by atoms with Gasteiger partial charge in [-0.25, -0.2) is 4.79 Å². The molecular weight excluding hydrogens is 282 g/mol. The molecule has 0 heterocycles. The highest BCUT2D eigenvalue weighted by Crippen LogP contribution is 2.22. The van der Waals surface area contributed by atoms with Gasteiger partial charge in [0.25, 0.3) is 0 Å². The number of amides is 1.